The highest BCUT2D eigenvalue weighted by Gasteiger charge is 2.52. The summed E-state index contributed by atoms with van der Waals surface area (Å²) in [7, 11) is -0.455. The number of ether oxygens (including phenoxy) is 1. The van der Waals surface area contributed by atoms with Crippen molar-refractivity contribution in [2.75, 3.05) is 0 Å². The van der Waals surface area contributed by atoms with E-state index in [2.05, 4.69) is 4.98 Å². The quantitative estimate of drug-likeness (QED) is 0.849. The Morgan fingerprint density at radius 3 is 2.43 bits per heavy atom. The molecule has 2 heterocycles. The van der Waals surface area contributed by atoms with Gasteiger partial charge in [0.1, 0.15) is 5.75 Å². The van der Waals surface area contributed by atoms with Crippen LogP contribution >= 0.6 is 0 Å². The van der Waals surface area contributed by atoms with Crippen LogP contribution in [0.1, 0.15) is 46.2 Å². The maximum atomic E-state index is 6.09. The Kier molecular flexibility index (Phi) is 3.51. The van der Waals surface area contributed by atoms with Crippen LogP contribution in [0.4, 0.5) is 0 Å². The van der Waals surface area contributed by atoms with Crippen molar-refractivity contribution in [3.05, 3.63) is 18.0 Å². The van der Waals surface area contributed by atoms with E-state index in [4.69, 9.17) is 19.8 Å². The van der Waals surface area contributed by atoms with Crippen LogP contribution in [-0.4, -0.2) is 29.4 Å². The fraction of sp³-hybridized carbons (Fsp3) is 0.667. The van der Waals surface area contributed by atoms with Crippen molar-refractivity contribution in [1.29, 1.82) is 0 Å². The smallest absolute Gasteiger partial charge is 0.491 e. The van der Waals surface area contributed by atoms with Gasteiger partial charge in [0.05, 0.1) is 23.0 Å². The van der Waals surface area contributed by atoms with E-state index < -0.39 is 7.12 Å². The lowest BCUT2D eigenvalue weighted by Crippen LogP contribution is -2.41. The molecule has 1 saturated carbocycles. The van der Waals surface area contributed by atoms with E-state index in [9.17, 15) is 0 Å². The maximum Gasteiger partial charge on any atom is 0.500 e. The lowest BCUT2D eigenvalue weighted by molar-refractivity contribution is 0.00578. The van der Waals surface area contributed by atoms with Crippen LogP contribution in [0.15, 0.2) is 12.3 Å². The van der Waals surface area contributed by atoms with E-state index in [0.717, 1.165) is 29.7 Å². The van der Waals surface area contributed by atoms with Gasteiger partial charge in [-0.1, -0.05) is 0 Å². The normalized spacial score (nSPS) is 23.4. The fourth-order valence-corrected chi connectivity index (χ4v) is 2.21. The van der Waals surface area contributed by atoms with E-state index in [-0.39, 0.29) is 11.2 Å². The van der Waals surface area contributed by atoms with Gasteiger partial charge in [0.25, 0.3) is 0 Å². The number of pyridine rings is 1. The second-order valence-corrected chi connectivity index (χ2v) is 6.82. The molecule has 2 aliphatic rings. The van der Waals surface area contributed by atoms with Gasteiger partial charge in [0, 0.05) is 24.3 Å². The van der Waals surface area contributed by atoms with Gasteiger partial charge in [-0.15, -0.1) is 0 Å². The zero-order chi connectivity index (χ0) is 15.3. The lowest BCUT2D eigenvalue weighted by Gasteiger charge is -2.32. The van der Waals surface area contributed by atoms with Crippen LogP contribution < -0.4 is 15.9 Å². The average Bonchev–Trinajstić information content (AvgIpc) is 3.17. The zero-order valence-corrected chi connectivity index (χ0v) is 13.2. The van der Waals surface area contributed by atoms with Gasteiger partial charge in [-0.2, -0.15) is 0 Å². The SMILES string of the molecule is CC1(C)OB(c2cnc(CN)cc2OC2CC2)OC1(C)C. The molecule has 0 aromatic carbocycles. The predicted molar refractivity (Wildman–Crippen MR) is 81.5 cm³/mol. The molecule has 2 fully saturated rings. The molecule has 2 N–H and O–H groups in total. The van der Waals surface area contributed by atoms with Gasteiger partial charge >= 0.3 is 7.12 Å². The molecule has 114 valence electrons. The second-order valence-electron chi connectivity index (χ2n) is 6.82. The van der Waals surface area contributed by atoms with E-state index >= 15 is 0 Å². The molecule has 0 unspecified atom stereocenters. The molecule has 6 heteroatoms. The van der Waals surface area contributed by atoms with E-state index in [0.29, 0.717) is 12.6 Å². The van der Waals surface area contributed by atoms with E-state index in [1.54, 1.807) is 6.20 Å². The van der Waals surface area contributed by atoms with Gasteiger partial charge < -0.3 is 19.8 Å². The lowest BCUT2D eigenvalue weighted by atomic mass is 9.79. The Hall–Kier alpha value is -1.11. The molecule has 0 spiro atoms. The highest BCUT2D eigenvalue weighted by molar-refractivity contribution is 6.63. The summed E-state index contributed by atoms with van der Waals surface area (Å²) in [5.41, 5.74) is 6.58. The molecule has 1 aliphatic carbocycles. The first-order valence-corrected chi connectivity index (χ1v) is 7.53. The Morgan fingerprint density at radius 2 is 1.90 bits per heavy atom. The van der Waals surface area contributed by atoms with Crippen LogP contribution in [-0.2, 0) is 15.9 Å². The zero-order valence-electron chi connectivity index (χ0n) is 13.2. The highest BCUT2D eigenvalue weighted by atomic mass is 16.7. The monoisotopic (exact) mass is 290 g/mol. The summed E-state index contributed by atoms with van der Waals surface area (Å²) < 4.78 is 18.2. The number of nitrogens with two attached hydrogens (primary N) is 1. The third-order valence-corrected chi connectivity index (χ3v) is 4.49. The molecule has 0 bridgehead atoms. The van der Waals surface area contributed by atoms with Crippen LogP contribution in [0.25, 0.3) is 0 Å². The minimum absolute atomic E-state index is 0.305. The number of hydrogen-bond donors (Lipinski definition) is 1. The first kappa shape index (κ1) is 14.8. The Balaban J connectivity index is 1.91. The van der Waals surface area contributed by atoms with Crippen LogP contribution in [0.2, 0.25) is 0 Å². The molecule has 21 heavy (non-hydrogen) atoms. The molecule has 5 nitrogen and oxygen atoms in total. The van der Waals surface area contributed by atoms with Crippen molar-refractivity contribution >= 4 is 12.6 Å². The van der Waals surface area contributed by atoms with Crippen molar-refractivity contribution in [1.82, 2.24) is 4.98 Å². The Morgan fingerprint density at radius 1 is 1.29 bits per heavy atom. The summed E-state index contributed by atoms with van der Waals surface area (Å²) in [6, 6.07) is 1.90. The third kappa shape index (κ3) is 2.80. The summed E-state index contributed by atoms with van der Waals surface area (Å²) in [6.45, 7) is 8.54. The largest absolute Gasteiger partial charge is 0.500 e. The average molecular weight is 290 g/mol. The third-order valence-electron chi connectivity index (χ3n) is 4.49. The van der Waals surface area contributed by atoms with Crippen molar-refractivity contribution < 1.29 is 14.0 Å². The van der Waals surface area contributed by atoms with Crippen molar-refractivity contribution in [3.63, 3.8) is 0 Å². The first-order valence-electron chi connectivity index (χ1n) is 7.53. The fourth-order valence-electron chi connectivity index (χ4n) is 2.21. The van der Waals surface area contributed by atoms with Gasteiger partial charge in [0.2, 0.25) is 0 Å². The Labute approximate surface area is 126 Å². The summed E-state index contributed by atoms with van der Waals surface area (Å²) in [6.07, 6.45) is 4.27. The maximum absolute atomic E-state index is 6.09. The highest BCUT2D eigenvalue weighted by Crippen LogP contribution is 2.37. The molecule has 0 atom stereocenters. The van der Waals surface area contributed by atoms with E-state index in [1.165, 1.54) is 0 Å². The van der Waals surface area contributed by atoms with Crippen molar-refractivity contribution in [2.24, 2.45) is 5.73 Å². The summed E-state index contributed by atoms with van der Waals surface area (Å²) in [5, 5.41) is 0. The molecule has 3 rings (SSSR count). The van der Waals surface area contributed by atoms with Gasteiger partial charge in [-0.05, 0) is 40.5 Å². The van der Waals surface area contributed by atoms with Crippen molar-refractivity contribution in [3.8, 4) is 5.75 Å². The molecule has 1 aliphatic heterocycles. The summed E-state index contributed by atoms with van der Waals surface area (Å²) >= 11 is 0. The number of aromatic nitrogens is 1. The number of hydrogen-bond acceptors (Lipinski definition) is 5. The van der Waals surface area contributed by atoms with Crippen LogP contribution in [0.3, 0.4) is 0 Å². The van der Waals surface area contributed by atoms with E-state index in [1.807, 2.05) is 33.8 Å². The molecule has 0 radical (unpaired) electrons. The standard InChI is InChI=1S/C15H23BN2O3/c1-14(2)15(3,4)21-16(20-14)12-9-18-10(8-17)7-13(12)19-11-5-6-11/h7,9,11H,5-6,8,17H2,1-4H3. The molecular weight excluding hydrogens is 267 g/mol. The van der Waals surface area contributed by atoms with Gasteiger partial charge in [0.15, 0.2) is 0 Å². The first-order chi connectivity index (χ1) is 9.82. The van der Waals surface area contributed by atoms with Gasteiger partial charge in [-0.25, -0.2) is 0 Å². The van der Waals surface area contributed by atoms with Crippen LogP contribution in [0.5, 0.6) is 5.75 Å². The molecule has 1 saturated heterocycles. The minimum atomic E-state index is -0.455. The predicted octanol–water partition coefficient (Wildman–Crippen LogP) is 1.38. The molecule has 1 aromatic heterocycles. The Bertz CT molecular complexity index is 528. The van der Waals surface area contributed by atoms with Crippen LogP contribution in [0, 0.1) is 0 Å². The summed E-state index contributed by atoms with van der Waals surface area (Å²) in [5.74, 6) is 0.784. The van der Waals surface area contributed by atoms with Gasteiger partial charge in [-0.3, -0.25) is 4.98 Å². The van der Waals surface area contributed by atoms with Crippen molar-refractivity contribution in [2.45, 2.75) is 64.4 Å². The number of nitrogens with zero attached hydrogens (tertiary/aromatic N) is 1. The molecular formula is C15H23BN2O3. The molecule has 0 amide bonds. The second kappa shape index (κ2) is 4.97. The number of rotatable bonds is 4. The molecule has 1 aromatic rings. The minimum Gasteiger partial charge on any atom is -0.491 e. The summed E-state index contributed by atoms with van der Waals surface area (Å²) in [4.78, 5) is 4.36. The topological polar surface area (TPSA) is 66.6 Å².